The Balaban J connectivity index is 1.28. The van der Waals surface area contributed by atoms with Gasteiger partial charge in [-0.05, 0) is 18.2 Å². The summed E-state index contributed by atoms with van der Waals surface area (Å²) in [7, 11) is 0. The Bertz CT molecular complexity index is 789. The van der Waals surface area contributed by atoms with Crippen molar-refractivity contribution in [3.8, 4) is 0 Å². The minimum absolute atomic E-state index is 0.0370. The highest BCUT2D eigenvalue weighted by molar-refractivity contribution is 5.94. The van der Waals surface area contributed by atoms with Gasteiger partial charge in [0.1, 0.15) is 5.82 Å². The summed E-state index contributed by atoms with van der Waals surface area (Å²) in [5.41, 5.74) is 1.52. The molecule has 2 saturated heterocycles. The molecular weight excluding hydrogens is 368 g/mol. The van der Waals surface area contributed by atoms with Gasteiger partial charge in [0.2, 0.25) is 0 Å². The van der Waals surface area contributed by atoms with E-state index in [0.29, 0.717) is 18.7 Å². The highest BCUT2D eigenvalue weighted by Crippen LogP contribution is 2.16. The predicted octanol–water partition coefficient (Wildman–Crippen LogP) is 1.18. The molecule has 8 heteroatoms. The minimum atomic E-state index is 0.0370. The van der Waals surface area contributed by atoms with Crippen LogP contribution in [0.4, 0.5) is 11.5 Å². The summed E-state index contributed by atoms with van der Waals surface area (Å²) in [5, 5.41) is 3.39. The van der Waals surface area contributed by atoms with E-state index in [4.69, 9.17) is 4.74 Å². The second-order valence-electron chi connectivity index (χ2n) is 7.31. The van der Waals surface area contributed by atoms with Crippen LogP contribution in [0.1, 0.15) is 10.4 Å². The average molecular weight is 396 g/mol. The summed E-state index contributed by atoms with van der Waals surface area (Å²) in [5.74, 6) is 1.00. The molecule has 2 aromatic rings. The second kappa shape index (κ2) is 9.67. The van der Waals surface area contributed by atoms with Crippen molar-refractivity contribution in [3.63, 3.8) is 0 Å². The third-order valence-corrected chi connectivity index (χ3v) is 5.39. The van der Waals surface area contributed by atoms with Crippen LogP contribution in [0.2, 0.25) is 0 Å². The zero-order valence-corrected chi connectivity index (χ0v) is 16.7. The van der Waals surface area contributed by atoms with Gasteiger partial charge in [-0.3, -0.25) is 14.7 Å². The van der Waals surface area contributed by atoms with Crippen molar-refractivity contribution in [3.05, 3.63) is 48.4 Å². The highest BCUT2D eigenvalue weighted by atomic mass is 16.5. The molecule has 4 rings (SSSR count). The van der Waals surface area contributed by atoms with Crippen LogP contribution in [0, 0.1) is 0 Å². The lowest BCUT2D eigenvalue weighted by Gasteiger charge is -2.35. The number of hydrogen-bond donors (Lipinski definition) is 1. The van der Waals surface area contributed by atoms with Crippen molar-refractivity contribution < 1.29 is 9.53 Å². The Kier molecular flexibility index (Phi) is 6.53. The number of nitrogens with one attached hydrogen (secondary N) is 1. The molecule has 29 heavy (non-hydrogen) atoms. The lowest BCUT2D eigenvalue weighted by Crippen LogP contribution is -2.49. The first-order valence-corrected chi connectivity index (χ1v) is 10.2. The van der Waals surface area contributed by atoms with E-state index >= 15 is 0 Å². The van der Waals surface area contributed by atoms with E-state index in [0.717, 1.165) is 64.0 Å². The minimum Gasteiger partial charge on any atom is -0.382 e. The molecule has 2 aliphatic rings. The maximum Gasteiger partial charge on any atom is 0.255 e. The van der Waals surface area contributed by atoms with Crippen molar-refractivity contribution in [1.82, 2.24) is 19.8 Å². The van der Waals surface area contributed by atoms with E-state index in [2.05, 4.69) is 25.1 Å². The fraction of sp³-hybridized carbons (Fsp3) is 0.476. The zero-order valence-electron chi connectivity index (χ0n) is 16.7. The number of amides is 1. The Morgan fingerprint density at radius 2 is 1.90 bits per heavy atom. The van der Waals surface area contributed by atoms with Gasteiger partial charge >= 0.3 is 0 Å². The van der Waals surface area contributed by atoms with Crippen molar-refractivity contribution in [1.29, 1.82) is 0 Å². The monoisotopic (exact) mass is 396 g/mol. The van der Waals surface area contributed by atoms with Gasteiger partial charge in [0.05, 0.1) is 24.5 Å². The first kappa shape index (κ1) is 19.6. The van der Waals surface area contributed by atoms with Gasteiger partial charge in [0, 0.05) is 70.9 Å². The molecule has 4 heterocycles. The molecule has 0 aliphatic carbocycles. The fourth-order valence-corrected chi connectivity index (χ4v) is 3.70. The molecule has 2 aromatic heterocycles. The molecule has 1 amide bonds. The van der Waals surface area contributed by atoms with Crippen LogP contribution >= 0.6 is 0 Å². The lowest BCUT2D eigenvalue weighted by atomic mass is 10.2. The largest absolute Gasteiger partial charge is 0.382 e. The van der Waals surface area contributed by atoms with E-state index in [-0.39, 0.29) is 5.91 Å². The molecular formula is C21H28N6O2. The van der Waals surface area contributed by atoms with Gasteiger partial charge in [-0.2, -0.15) is 0 Å². The average Bonchev–Trinajstić information content (AvgIpc) is 2.80. The number of piperazine rings is 1. The Labute approximate surface area is 171 Å². The molecule has 8 nitrogen and oxygen atoms in total. The van der Waals surface area contributed by atoms with Crippen LogP contribution in [-0.4, -0.2) is 91.2 Å². The Hall–Kier alpha value is -2.71. The maximum atomic E-state index is 12.9. The van der Waals surface area contributed by atoms with E-state index in [1.807, 2.05) is 29.2 Å². The van der Waals surface area contributed by atoms with E-state index in [1.54, 1.807) is 18.6 Å². The van der Waals surface area contributed by atoms with Gasteiger partial charge < -0.3 is 19.9 Å². The number of carbonyl (C=O) groups is 1. The van der Waals surface area contributed by atoms with Crippen molar-refractivity contribution in [2.45, 2.75) is 0 Å². The van der Waals surface area contributed by atoms with Crippen LogP contribution in [0.5, 0.6) is 0 Å². The maximum absolute atomic E-state index is 12.9. The number of nitrogens with zero attached hydrogens (tertiary/aromatic N) is 5. The molecule has 2 aliphatic heterocycles. The summed E-state index contributed by atoms with van der Waals surface area (Å²) >= 11 is 0. The van der Waals surface area contributed by atoms with Gasteiger partial charge in [-0.25, -0.2) is 4.98 Å². The topological polar surface area (TPSA) is 73.8 Å². The SMILES string of the molecule is O=C(c1cncc(NCCN2CCOCC2)c1)N1CCN(c2ccccn2)CC1. The smallest absolute Gasteiger partial charge is 0.255 e. The van der Waals surface area contributed by atoms with Crippen molar-refractivity contribution >= 4 is 17.4 Å². The Morgan fingerprint density at radius 1 is 1.07 bits per heavy atom. The van der Waals surface area contributed by atoms with Crippen molar-refractivity contribution in [2.75, 3.05) is 75.8 Å². The summed E-state index contributed by atoms with van der Waals surface area (Å²) in [6.45, 7) is 8.28. The predicted molar refractivity (Wildman–Crippen MR) is 112 cm³/mol. The van der Waals surface area contributed by atoms with E-state index in [9.17, 15) is 4.79 Å². The van der Waals surface area contributed by atoms with Crippen molar-refractivity contribution in [2.24, 2.45) is 0 Å². The molecule has 1 N–H and O–H groups in total. The standard InChI is InChI=1S/C21H28N6O2/c28-21(27-9-7-26(8-10-27)20-3-1-2-4-24-20)18-15-19(17-22-16-18)23-5-6-25-11-13-29-14-12-25/h1-4,15-17,23H,5-14H2. The number of carbonyl (C=O) groups excluding carboxylic acids is 1. The number of pyridine rings is 2. The summed E-state index contributed by atoms with van der Waals surface area (Å²) in [4.78, 5) is 28.1. The van der Waals surface area contributed by atoms with Gasteiger partial charge in [-0.1, -0.05) is 6.07 Å². The number of hydrogen-bond acceptors (Lipinski definition) is 7. The number of anilines is 2. The molecule has 0 atom stereocenters. The zero-order chi connectivity index (χ0) is 19.9. The summed E-state index contributed by atoms with van der Waals surface area (Å²) < 4.78 is 5.38. The third-order valence-electron chi connectivity index (χ3n) is 5.39. The molecule has 2 fully saturated rings. The molecule has 0 saturated carbocycles. The van der Waals surface area contributed by atoms with Crippen LogP contribution in [0.3, 0.4) is 0 Å². The van der Waals surface area contributed by atoms with E-state index in [1.165, 1.54) is 0 Å². The first-order chi connectivity index (χ1) is 14.3. The molecule has 154 valence electrons. The number of aromatic nitrogens is 2. The number of morpholine rings is 1. The fourth-order valence-electron chi connectivity index (χ4n) is 3.70. The summed E-state index contributed by atoms with van der Waals surface area (Å²) in [6, 6.07) is 7.81. The van der Waals surface area contributed by atoms with Crippen LogP contribution in [0.15, 0.2) is 42.9 Å². The normalized spacial score (nSPS) is 17.9. The number of rotatable bonds is 6. The summed E-state index contributed by atoms with van der Waals surface area (Å²) in [6.07, 6.45) is 5.23. The van der Waals surface area contributed by atoms with E-state index < -0.39 is 0 Å². The number of ether oxygens (including phenoxy) is 1. The third kappa shape index (κ3) is 5.21. The van der Waals surface area contributed by atoms with Crippen LogP contribution < -0.4 is 10.2 Å². The molecule has 0 aromatic carbocycles. The lowest BCUT2D eigenvalue weighted by molar-refractivity contribution is 0.0398. The van der Waals surface area contributed by atoms with Crippen LogP contribution in [-0.2, 0) is 4.74 Å². The molecule has 0 bridgehead atoms. The highest BCUT2D eigenvalue weighted by Gasteiger charge is 2.23. The van der Waals surface area contributed by atoms with Gasteiger partial charge in [0.25, 0.3) is 5.91 Å². The Morgan fingerprint density at radius 3 is 2.66 bits per heavy atom. The second-order valence-corrected chi connectivity index (χ2v) is 7.31. The quantitative estimate of drug-likeness (QED) is 0.786. The molecule has 0 radical (unpaired) electrons. The van der Waals surface area contributed by atoms with Gasteiger partial charge in [-0.15, -0.1) is 0 Å². The first-order valence-electron chi connectivity index (χ1n) is 10.2. The van der Waals surface area contributed by atoms with Crippen LogP contribution in [0.25, 0.3) is 0 Å². The molecule has 0 spiro atoms. The molecule has 0 unspecified atom stereocenters. The van der Waals surface area contributed by atoms with Gasteiger partial charge in [0.15, 0.2) is 0 Å².